The van der Waals surface area contributed by atoms with Crippen LogP contribution < -0.4 is 4.90 Å². The van der Waals surface area contributed by atoms with Gasteiger partial charge in [-0.15, -0.1) is 0 Å². The Morgan fingerprint density at radius 2 is 1.96 bits per heavy atom. The average molecular weight is 409 g/mol. The monoisotopic (exact) mass is 408 g/mol. The first kappa shape index (κ1) is 17.4. The Balaban J connectivity index is 1.55. The number of benzene rings is 1. The number of pyridine rings is 1. The van der Waals surface area contributed by atoms with E-state index in [2.05, 4.69) is 16.1 Å². The summed E-state index contributed by atoms with van der Waals surface area (Å²) in [5.41, 5.74) is 4.54. The van der Waals surface area contributed by atoms with Crippen LogP contribution in [0.2, 0.25) is 4.34 Å². The van der Waals surface area contributed by atoms with Crippen LogP contribution in [0.15, 0.2) is 54.9 Å². The summed E-state index contributed by atoms with van der Waals surface area (Å²) >= 11 is 7.73. The predicted molar refractivity (Wildman–Crippen MR) is 112 cm³/mol. The third-order valence-electron chi connectivity index (χ3n) is 5.06. The maximum absolute atomic E-state index is 13.3. The zero-order chi connectivity index (χ0) is 19.1. The molecule has 4 heterocycles. The first-order chi connectivity index (χ1) is 13.7. The molecule has 0 atom stereocenters. The van der Waals surface area contributed by atoms with Gasteiger partial charge in [-0.05, 0) is 43.0 Å². The summed E-state index contributed by atoms with van der Waals surface area (Å²) in [5, 5.41) is 4.76. The van der Waals surface area contributed by atoms with E-state index in [0.29, 0.717) is 21.6 Å². The molecule has 4 aromatic rings. The number of fused-ring (bicyclic) bond motifs is 2. The average Bonchev–Trinajstić information content (AvgIpc) is 3.24. The molecule has 0 bridgehead atoms. The van der Waals surface area contributed by atoms with E-state index in [1.807, 2.05) is 47.5 Å². The van der Waals surface area contributed by atoms with Crippen LogP contribution in [0, 0.1) is 0 Å². The Labute approximate surface area is 171 Å². The number of amides is 1. The normalized spacial score (nSPS) is 14.1. The highest BCUT2D eigenvalue weighted by molar-refractivity contribution is 7.18. The standard InChI is InChI=1S/C21H17ClN4OS/c22-19-18(15-13-23-26-12-6-4-10-17(15)26)24-20(28-19)21(27)25-11-5-3-8-14-7-1-2-9-16(14)25/h1-2,4,6-7,9-10,12-13H,3,5,8,11H2. The molecule has 5 rings (SSSR count). The van der Waals surface area contributed by atoms with E-state index in [1.54, 1.807) is 10.7 Å². The summed E-state index contributed by atoms with van der Waals surface area (Å²) < 4.78 is 2.28. The second-order valence-electron chi connectivity index (χ2n) is 6.77. The predicted octanol–water partition coefficient (Wildman–Crippen LogP) is 5.09. The molecule has 7 heteroatoms. The molecule has 0 saturated carbocycles. The summed E-state index contributed by atoms with van der Waals surface area (Å²) in [6.07, 6.45) is 6.66. The summed E-state index contributed by atoms with van der Waals surface area (Å²) in [4.78, 5) is 19.8. The molecular weight excluding hydrogens is 392 g/mol. The number of carbonyl (C=O) groups is 1. The highest BCUT2D eigenvalue weighted by atomic mass is 35.5. The number of nitrogens with zero attached hydrogens (tertiary/aromatic N) is 4. The molecule has 0 saturated heterocycles. The summed E-state index contributed by atoms with van der Waals surface area (Å²) in [7, 11) is 0. The fourth-order valence-electron chi connectivity index (χ4n) is 3.69. The van der Waals surface area contributed by atoms with Gasteiger partial charge in [0.1, 0.15) is 10.0 Å². The van der Waals surface area contributed by atoms with E-state index in [9.17, 15) is 4.79 Å². The Morgan fingerprint density at radius 3 is 2.89 bits per heavy atom. The number of rotatable bonds is 2. The smallest absolute Gasteiger partial charge is 0.287 e. The van der Waals surface area contributed by atoms with Crippen LogP contribution in [0.25, 0.3) is 16.8 Å². The molecule has 0 aliphatic carbocycles. The van der Waals surface area contributed by atoms with Crippen molar-refractivity contribution in [1.82, 2.24) is 14.6 Å². The molecule has 1 amide bonds. The molecule has 0 spiro atoms. The second kappa shape index (κ2) is 7.04. The Bertz CT molecular complexity index is 1180. The third-order valence-corrected chi connectivity index (χ3v) is 6.30. The number of hydrogen-bond acceptors (Lipinski definition) is 4. The van der Waals surface area contributed by atoms with Crippen molar-refractivity contribution < 1.29 is 4.79 Å². The van der Waals surface area contributed by atoms with Crippen LogP contribution >= 0.6 is 22.9 Å². The van der Waals surface area contributed by atoms with Crippen molar-refractivity contribution in [3.63, 3.8) is 0 Å². The lowest BCUT2D eigenvalue weighted by atomic mass is 10.1. The number of aromatic nitrogens is 3. The zero-order valence-corrected chi connectivity index (χ0v) is 16.6. The van der Waals surface area contributed by atoms with Gasteiger partial charge >= 0.3 is 0 Å². The van der Waals surface area contributed by atoms with Gasteiger partial charge in [-0.3, -0.25) is 4.79 Å². The van der Waals surface area contributed by atoms with E-state index >= 15 is 0 Å². The topological polar surface area (TPSA) is 50.5 Å². The third kappa shape index (κ3) is 2.89. The van der Waals surface area contributed by atoms with Gasteiger partial charge in [0.2, 0.25) is 0 Å². The van der Waals surface area contributed by atoms with Gasteiger partial charge in [0.25, 0.3) is 5.91 Å². The largest absolute Gasteiger partial charge is 0.306 e. The van der Waals surface area contributed by atoms with Crippen molar-refractivity contribution in [1.29, 1.82) is 0 Å². The van der Waals surface area contributed by atoms with Crippen molar-refractivity contribution in [2.24, 2.45) is 0 Å². The molecule has 3 aromatic heterocycles. The van der Waals surface area contributed by atoms with Crippen molar-refractivity contribution in [3.05, 3.63) is 69.8 Å². The quantitative estimate of drug-likeness (QED) is 0.464. The van der Waals surface area contributed by atoms with Crippen LogP contribution in [-0.2, 0) is 6.42 Å². The van der Waals surface area contributed by atoms with Gasteiger partial charge < -0.3 is 4.90 Å². The van der Waals surface area contributed by atoms with Crippen molar-refractivity contribution in [2.45, 2.75) is 19.3 Å². The van der Waals surface area contributed by atoms with E-state index in [1.165, 1.54) is 16.9 Å². The van der Waals surface area contributed by atoms with Crippen LogP contribution in [0.3, 0.4) is 0 Å². The van der Waals surface area contributed by atoms with Gasteiger partial charge in [0.05, 0.1) is 11.7 Å². The number of thiazole rings is 1. The van der Waals surface area contributed by atoms with Gasteiger partial charge in [0, 0.05) is 24.0 Å². The summed E-state index contributed by atoms with van der Waals surface area (Å²) in [5.74, 6) is -0.0935. The molecule has 28 heavy (non-hydrogen) atoms. The molecular formula is C21H17ClN4OS. The maximum Gasteiger partial charge on any atom is 0.287 e. The summed E-state index contributed by atoms with van der Waals surface area (Å²) in [6, 6.07) is 13.9. The zero-order valence-electron chi connectivity index (χ0n) is 15.0. The minimum absolute atomic E-state index is 0.0935. The minimum atomic E-state index is -0.0935. The highest BCUT2D eigenvalue weighted by Crippen LogP contribution is 2.36. The van der Waals surface area contributed by atoms with Gasteiger partial charge in [0.15, 0.2) is 5.01 Å². The molecule has 1 aromatic carbocycles. The fourth-order valence-corrected chi connectivity index (χ4v) is 4.81. The van der Waals surface area contributed by atoms with Crippen LogP contribution in [-0.4, -0.2) is 27.0 Å². The van der Waals surface area contributed by atoms with Gasteiger partial charge in [-0.1, -0.05) is 47.2 Å². The molecule has 140 valence electrons. The van der Waals surface area contributed by atoms with E-state index in [4.69, 9.17) is 11.6 Å². The molecule has 0 N–H and O–H groups in total. The first-order valence-corrected chi connectivity index (χ1v) is 10.4. The van der Waals surface area contributed by atoms with Crippen LogP contribution in [0.4, 0.5) is 5.69 Å². The minimum Gasteiger partial charge on any atom is -0.306 e. The van der Waals surface area contributed by atoms with Crippen LogP contribution in [0.1, 0.15) is 28.2 Å². The molecule has 0 fully saturated rings. The Hall–Kier alpha value is -2.70. The number of hydrogen-bond donors (Lipinski definition) is 0. The Kier molecular flexibility index (Phi) is 4.37. The van der Waals surface area contributed by atoms with E-state index in [0.717, 1.165) is 36.0 Å². The van der Waals surface area contributed by atoms with Gasteiger partial charge in [-0.25, -0.2) is 9.50 Å². The van der Waals surface area contributed by atoms with Crippen molar-refractivity contribution >= 4 is 40.0 Å². The molecule has 5 nitrogen and oxygen atoms in total. The van der Waals surface area contributed by atoms with E-state index in [-0.39, 0.29) is 5.91 Å². The number of halogens is 1. The lowest BCUT2D eigenvalue weighted by Crippen LogP contribution is -2.31. The highest BCUT2D eigenvalue weighted by Gasteiger charge is 2.26. The van der Waals surface area contributed by atoms with Crippen molar-refractivity contribution in [3.8, 4) is 11.3 Å². The number of aryl methyl sites for hydroxylation is 1. The molecule has 1 aliphatic rings. The first-order valence-electron chi connectivity index (χ1n) is 9.21. The molecule has 0 radical (unpaired) electrons. The Morgan fingerprint density at radius 1 is 1.11 bits per heavy atom. The number of anilines is 1. The number of carbonyl (C=O) groups excluding carboxylic acids is 1. The van der Waals surface area contributed by atoms with Crippen LogP contribution in [0.5, 0.6) is 0 Å². The fraction of sp³-hybridized carbons (Fsp3) is 0.190. The SMILES string of the molecule is O=C(c1nc(-c2cnn3ccccc23)c(Cl)s1)N1CCCCc2ccccc21. The molecule has 0 unspecified atom stereocenters. The summed E-state index contributed by atoms with van der Waals surface area (Å²) in [6.45, 7) is 0.694. The van der Waals surface area contributed by atoms with E-state index < -0.39 is 0 Å². The molecule has 1 aliphatic heterocycles. The lowest BCUT2D eigenvalue weighted by molar-refractivity contribution is 0.0986. The second-order valence-corrected chi connectivity index (χ2v) is 8.37. The van der Waals surface area contributed by atoms with Crippen molar-refractivity contribution in [2.75, 3.05) is 11.4 Å². The lowest BCUT2D eigenvalue weighted by Gasteiger charge is -2.21. The van der Waals surface area contributed by atoms with Gasteiger partial charge in [-0.2, -0.15) is 5.10 Å². The number of para-hydroxylation sites is 1. The maximum atomic E-state index is 13.3.